The van der Waals surface area contributed by atoms with Gasteiger partial charge in [0.05, 0.1) is 17.7 Å². The number of nitrogens with zero attached hydrogens (tertiary/aromatic N) is 1. The summed E-state index contributed by atoms with van der Waals surface area (Å²) < 4.78 is 50.6. The molecule has 0 atom stereocenters. The number of hydrogen-bond acceptors (Lipinski definition) is 4. The number of carbonyl (C=O) groups excluding carboxylic acids is 2. The van der Waals surface area contributed by atoms with Crippen LogP contribution in [0.2, 0.25) is 0 Å². The first-order valence-corrected chi connectivity index (χ1v) is 9.06. The molecule has 2 amide bonds. The summed E-state index contributed by atoms with van der Waals surface area (Å²) in [5.74, 6) is -3.44. The molecule has 0 bridgehead atoms. The van der Waals surface area contributed by atoms with E-state index in [0.29, 0.717) is 23.3 Å². The Hall–Kier alpha value is -2.62. The maximum atomic E-state index is 13.1. The van der Waals surface area contributed by atoms with E-state index in [1.165, 1.54) is 24.3 Å². The number of nitrogens with one attached hydrogen (secondary N) is 1. The maximum absolute atomic E-state index is 13.1. The lowest BCUT2D eigenvalue weighted by atomic mass is 9.77. The van der Waals surface area contributed by atoms with E-state index in [-0.39, 0.29) is 18.9 Å². The zero-order valence-electron chi connectivity index (χ0n) is 15.3. The zero-order chi connectivity index (χ0) is 21.4. The smallest absolute Gasteiger partial charge is 0.406 e. The van der Waals surface area contributed by atoms with Gasteiger partial charge in [0, 0.05) is 6.04 Å². The van der Waals surface area contributed by atoms with Crippen LogP contribution in [0.15, 0.2) is 35.6 Å². The first-order valence-electron chi connectivity index (χ1n) is 9.06. The van der Waals surface area contributed by atoms with Crippen LogP contribution in [-0.4, -0.2) is 52.2 Å². The molecule has 3 N–H and O–H groups in total. The number of carbonyl (C=O) groups is 2. The fraction of sp³-hybridized carbons (Fsp3) is 0.474. The fourth-order valence-electron chi connectivity index (χ4n) is 3.70. The Labute approximate surface area is 163 Å². The molecule has 0 aromatic heterocycles. The summed E-state index contributed by atoms with van der Waals surface area (Å²) in [5.41, 5.74) is -1.00. The Balaban J connectivity index is 1.58. The first kappa shape index (κ1) is 21.1. The van der Waals surface area contributed by atoms with E-state index in [1.807, 2.05) is 0 Å². The molecular formula is C19H20F4N2O4. The van der Waals surface area contributed by atoms with Gasteiger partial charge in [-0.3, -0.25) is 9.59 Å². The highest BCUT2D eigenvalue weighted by Gasteiger charge is 2.41. The van der Waals surface area contributed by atoms with Gasteiger partial charge in [0.2, 0.25) is 0 Å². The topological polar surface area (TPSA) is 89.9 Å². The van der Waals surface area contributed by atoms with Gasteiger partial charge in [-0.15, -0.1) is 0 Å². The Bertz CT molecular complexity index is 828. The Kier molecular flexibility index (Phi) is 5.57. The Morgan fingerprint density at radius 2 is 1.79 bits per heavy atom. The standard InChI is InChI=1S/C19H20F4N2O4/c20-12-3-1-11(2-4-12)18(29)7-5-13(6-8-18)24-16(27)14-9-25(10-19(21,22)23)17(28)15(14)26/h1-4,13,26,29H,5-10H2,(H,24,27)/t13-,18-. The number of benzene rings is 1. The first-order chi connectivity index (χ1) is 13.5. The van der Waals surface area contributed by atoms with Gasteiger partial charge in [-0.2, -0.15) is 13.2 Å². The Morgan fingerprint density at radius 1 is 1.21 bits per heavy atom. The zero-order valence-corrected chi connectivity index (χ0v) is 15.3. The van der Waals surface area contributed by atoms with Crippen LogP contribution in [0.5, 0.6) is 0 Å². The second-order valence-corrected chi connectivity index (χ2v) is 7.39. The number of aliphatic hydroxyl groups is 2. The largest absolute Gasteiger partial charge is 0.503 e. The second kappa shape index (κ2) is 7.66. The van der Waals surface area contributed by atoms with Gasteiger partial charge < -0.3 is 20.4 Å². The van der Waals surface area contributed by atoms with Crippen LogP contribution in [0, 0.1) is 5.82 Å². The lowest BCUT2D eigenvalue weighted by Crippen LogP contribution is -2.43. The normalized spacial score (nSPS) is 25.5. The SMILES string of the molecule is O=C(N[C@H]1CC[C@@](O)(c2ccc(F)cc2)CC1)C1=C(O)C(=O)N(CC(F)(F)F)C1. The van der Waals surface area contributed by atoms with E-state index in [2.05, 4.69) is 5.32 Å². The Morgan fingerprint density at radius 3 is 2.34 bits per heavy atom. The summed E-state index contributed by atoms with van der Waals surface area (Å²) in [6.07, 6.45) is -3.33. The van der Waals surface area contributed by atoms with Crippen molar-refractivity contribution in [3.05, 3.63) is 47.0 Å². The summed E-state index contributed by atoms with van der Waals surface area (Å²) in [6.45, 7) is -2.18. The lowest BCUT2D eigenvalue weighted by Gasteiger charge is -2.36. The van der Waals surface area contributed by atoms with Crippen molar-refractivity contribution >= 4 is 11.8 Å². The maximum Gasteiger partial charge on any atom is 0.406 e. The van der Waals surface area contributed by atoms with Crippen molar-refractivity contribution in [3.63, 3.8) is 0 Å². The van der Waals surface area contributed by atoms with E-state index >= 15 is 0 Å². The van der Waals surface area contributed by atoms with Crippen molar-refractivity contribution in [2.24, 2.45) is 0 Å². The van der Waals surface area contributed by atoms with E-state index in [9.17, 15) is 37.4 Å². The van der Waals surface area contributed by atoms with Crippen LogP contribution >= 0.6 is 0 Å². The molecule has 158 valence electrons. The van der Waals surface area contributed by atoms with Gasteiger partial charge in [-0.05, 0) is 43.4 Å². The molecule has 0 radical (unpaired) electrons. The van der Waals surface area contributed by atoms with Crippen LogP contribution in [0.25, 0.3) is 0 Å². The van der Waals surface area contributed by atoms with Gasteiger partial charge in [0.1, 0.15) is 12.4 Å². The van der Waals surface area contributed by atoms with Crippen molar-refractivity contribution in [2.45, 2.75) is 43.5 Å². The third-order valence-corrected chi connectivity index (χ3v) is 5.30. The predicted molar refractivity (Wildman–Crippen MR) is 93.0 cm³/mol. The molecule has 1 heterocycles. The summed E-state index contributed by atoms with van der Waals surface area (Å²) in [5, 5.41) is 23.1. The molecule has 0 unspecified atom stereocenters. The van der Waals surface area contributed by atoms with Gasteiger partial charge in [0.15, 0.2) is 5.76 Å². The van der Waals surface area contributed by atoms with Crippen LogP contribution in [0.4, 0.5) is 17.6 Å². The lowest BCUT2D eigenvalue weighted by molar-refractivity contribution is -0.157. The quantitative estimate of drug-likeness (QED) is 0.657. The molecule has 1 fully saturated rings. The predicted octanol–water partition coefficient (Wildman–Crippen LogP) is 2.29. The molecule has 2 aliphatic rings. The van der Waals surface area contributed by atoms with E-state index in [4.69, 9.17) is 0 Å². The number of hydrogen-bond donors (Lipinski definition) is 3. The summed E-state index contributed by atoms with van der Waals surface area (Å²) in [6, 6.07) is 5.11. The second-order valence-electron chi connectivity index (χ2n) is 7.39. The summed E-state index contributed by atoms with van der Waals surface area (Å²) >= 11 is 0. The fourth-order valence-corrected chi connectivity index (χ4v) is 3.70. The molecule has 29 heavy (non-hydrogen) atoms. The third-order valence-electron chi connectivity index (χ3n) is 5.30. The molecule has 1 aliphatic carbocycles. The molecule has 1 aliphatic heterocycles. The van der Waals surface area contributed by atoms with Gasteiger partial charge >= 0.3 is 6.18 Å². The van der Waals surface area contributed by atoms with Crippen LogP contribution in [-0.2, 0) is 15.2 Å². The van der Waals surface area contributed by atoms with Crippen LogP contribution in [0.3, 0.4) is 0 Å². The van der Waals surface area contributed by atoms with Crippen LogP contribution in [0.1, 0.15) is 31.2 Å². The number of halogens is 4. The number of alkyl halides is 3. The van der Waals surface area contributed by atoms with Crippen molar-refractivity contribution in [1.29, 1.82) is 0 Å². The highest BCUT2D eigenvalue weighted by Crippen LogP contribution is 2.37. The average Bonchev–Trinajstić information content (AvgIpc) is 2.91. The minimum Gasteiger partial charge on any atom is -0.503 e. The molecule has 0 saturated heterocycles. The molecule has 1 aromatic carbocycles. The number of aliphatic hydroxyl groups excluding tert-OH is 1. The highest BCUT2D eigenvalue weighted by atomic mass is 19.4. The highest BCUT2D eigenvalue weighted by molar-refractivity contribution is 6.07. The number of rotatable bonds is 4. The molecule has 10 heteroatoms. The molecule has 1 aromatic rings. The molecule has 6 nitrogen and oxygen atoms in total. The van der Waals surface area contributed by atoms with Gasteiger partial charge in [-0.1, -0.05) is 12.1 Å². The molecule has 1 saturated carbocycles. The minimum absolute atomic E-state index is 0.285. The minimum atomic E-state index is -4.64. The summed E-state index contributed by atoms with van der Waals surface area (Å²) in [4.78, 5) is 24.5. The van der Waals surface area contributed by atoms with E-state index in [1.54, 1.807) is 0 Å². The van der Waals surface area contributed by atoms with Gasteiger partial charge in [-0.25, -0.2) is 4.39 Å². The van der Waals surface area contributed by atoms with Crippen molar-refractivity contribution in [1.82, 2.24) is 10.2 Å². The average molecular weight is 416 g/mol. The van der Waals surface area contributed by atoms with Crippen LogP contribution < -0.4 is 5.32 Å². The van der Waals surface area contributed by atoms with Crippen molar-refractivity contribution in [2.75, 3.05) is 13.1 Å². The molecule has 0 spiro atoms. The summed E-state index contributed by atoms with van der Waals surface area (Å²) in [7, 11) is 0. The monoisotopic (exact) mass is 416 g/mol. The van der Waals surface area contributed by atoms with Crippen molar-refractivity contribution in [3.8, 4) is 0 Å². The third kappa shape index (κ3) is 4.69. The van der Waals surface area contributed by atoms with Gasteiger partial charge in [0.25, 0.3) is 11.8 Å². The number of amides is 2. The van der Waals surface area contributed by atoms with E-state index in [0.717, 1.165) is 0 Å². The van der Waals surface area contributed by atoms with E-state index < -0.39 is 53.8 Å². The van der Waals surface area contributed by atoms with Crippen molar-refractivity contribution < 1.29 is 37.4 Å². The molecule has 3 rings (SSSR count). The molecular weight excluding hydrogens is 396 g/mol.